The van der Waals surface area contributed by atoms with Gasteiger partial charge < -0.3 is 10.2 Å². The zero-order chi connectivity index (χ0) is 27.4. The second-order valence-corrected chi connectivity index (χ2v) is 9.14. The lowest BCUT2D eigenvalue weighted by Gasteiger charge is -2.41. The number of imide groups is 1. The van der Waals surface area contributed by atoms with Gasteiger partial charge >= 0.3 is 5.92 Å². The summed E-state index contributed by atoms with van der Waals surface area (Å²) in [5.74, 6) is -7.77. The summed E-state index contributed by atoms with van der Waals surface area (Å²) in [7, 11) is 30.9. The van der Waals surface area contributed by atoms with Gasteiger partial charge in [0.1, 0.15) is 29.6 Å². The van der Waals surface area contributed by atoms with Crippen LogP contribution in [-0.2, 0) is 32.2 Å². The van der Waals surface area contributed by atoms with E-state index in [9.17, 15) is 28.0 Å². The van der Waals surface area contributed by atoms with Gasteiger partial charge in [-0.1, -0.05) is 40.1 Å². The number of carbonyl (C=O) groups excluding carboxylic acids is 4. The molecule has 2 aromatic carbocycles. The fourth-order valence-corrected chi connectivity index (χ4v) is 4.62. The van der Waals surface area contributed by atoms with Crippen molar-refractivity contribution in [3.8, 4) is 0 Å². The van der Waals surface area contributed by atoms with Crippen LogP contribution >= 0.6 is 11.6 Å². The van der Waals surface area contributed by atoms with Crippen LogP contribution in [0.5, 0.6) is 0 Å². The monoisotopic (exact) mass is 511 g/mol. The van der Waals surface area contributed by atoms with Crippen LogP contribution in [0.15, 0.2) is 24.3 Å². The van der Waals surface area contributed by atoms with Crippen molar-refractivity contribution >= 4 is 90.8 Å². The zero-order valence-electron chi connectivity index (χ0n) is 19.1. The summed E-state index contributed by atoms with van der Waals surface area (Å²) < 4.78 is 29.4. The molecule has 0 saturated carbocycles. The van der Waals surface area contributed by atoms with Crippen LogP contribution in [0, 0.1) is 0 Å². The van der Waals surface area contributed by atoms with Crippen molar-refractivity contribution in [1.82, 2.24) is 15.5 Å². The lowest BCUT2D eigenvalue weighted by atomic mass is 9.53. The van der Waals surface area contributed by atoms with Crippen LogP contribution in [0.4, 0.5) is 8.78 Å². The van der Waals surface area contributed by atoms with Crippen LogP contribution in [0.2, 0.25) is 5.02 Å². The van der Waals surface area contributed by atoms with Gasteiger partial charge in [-0.15, -0.1) is 0 Å². The van der Waals surface area contributed by atoms with E-state index in [1.807, 2.05) is 0 Å². The first-order valence-corrected chi connectivity index (χ1v) is 11.2. The summed E-state index contributed by atoms with van der Waals surface area (Å²) in [5, 5.41) is 2.21. The van der Waals surface area contributed by atoms with Crippen LogP contribution in [0.25, 0.3) is 0 Å². The van der Waals surface area contributed by atoms with E-state index in [1.165, 1.54) is 12.1 Å². The lowest BCUT2D eigenvalue weighted by molar-refractivity contribution is -0.147. The topological polar surface area (TPSA) is 95.6 Å². The molecule has 1 unspecified atom stereocenters. The maximum absolute atomic E-state index is 14.7. The smallest absolute Gasteiger partial charge is 0.347 e. The number of hydrogen-bond donors (Lipinski definition) is 2. The molecule has 1 atom stereocenters. The lowest BCUT2D eigenvalue weighted by Crippen LogP contribution is -2.59. The van der Waals surface area contributed by atoms with E-state index >= 15 is 0 Å². The zero-order valence-corrected chi connectivity index (χ0v) is 19.9. The van der Waals surface area contributed by atoms with Crippen molar-refractivity contribution in [2.45, 2.75) is 36.7 Å². The summed E-state index contributed by atoms with van der Waals surface area (Å²) in [6, 6.07) is 3.22. The largest absolute Gasteiger partial charge is 0.349 e. The molecule has 2 N–H and O–H groups in total. The highest BCUT2D eigenvalue weighted by atomic mass is 35.5. The van der Waals surface area contributed by atoms with Crippen LogP contribution in [-0.4, -0.2) is 73.8 Å². The van der Waals surface area contributed by atoms with Crippen molar-refractivity contribution in [2.75, 3.05) is 0 Å². The number of fused-ring (bicyclic) bond motifs is 1. The van der Waals surface area contributed by atoms with Gasteiger partial charge in [0.15, 0.2) is 0 Å². The van der Waals surface area contributed by atoms with E-state index in [0.717, 1.165) is 17.0 Å². The molecule has 2 heterocycles. The third-order valence-electron chi connectivity index (χ3n) is 6.40. The standard InChI is InChI=1S/C22H13B5ClF2N3O4/c23-15-10(7-31-20(37)21(29,30)8-1-3-9(28)4-2-8)16(24)17(25)13-14(15)22(26,27)33(19(13)36)11-5-6-12(34)32-18(11)35/h1-4,11H,5-7H2,(H,31,37)(H,32,34,35). The van der Waals surface area contributed by atoms with E-state index in [4.69, 9.17) is 50.8 Å². The van der Waals surface area contributed by atoms with E-state index < -0.39 is 53.0 Å². The Labute approximate surface area is 222 Å². The number of alkyl halides is 2. The number of amides is 4. The minimum atomic E-state index is -3.93. The van der Waals surface area contributed by atoms with Gasteiger partial charge in [0.2, 0.25) is 11.8 Å². The Morgan fingerprint density at radius 3 is 2.32 bits per heavy atom. The molecule has 7 nitrogen and oxygen atoms in total. The van der Waals surface area contributed by atoms with Crippen molar-refractivity contribution in [2.24, 2.45) is 0 Å². The fraction of sp³-hybridized carbons (Fsp3) is 0.273. The minimum Gasteiger partial charge on any atom is -0.347 e. The van der Waals surface area contributed by atoms with E-state index in [1.54, 1.807) is 0 Å². The van der Waals surface area contributed by atoms with Crippen molar-refractivity contribution in [1.29, 1.82) is 0 Å². The molecule has 2 aliphatic heterocycles. The summed E-state index contributed by atoms with van der Waals surface area (Å²) in [6.07, 6.45) is -0.128. The van der Waals surface area contributed by atoms with Gasteiger partial charge in [-0.3, -0.25) is 24.5 Å². The van der Waals surface area contributed by atoms with E-state index in [-0.39, 0.29) is 50.9 Å². The van der Waals surface area contributed by atoms with E-state index in [0.29, 0.717) is 0 Å². The second-order valence-electron chi connectivity index (χ2n) is 8.70. The first-order chi connectivity index (χ1) is 17.2. The van der Waals surface area contributed by atoms with Crippen molar-refractivity contribution in [3.05, 3.63) is 51.5 Å². The summed E-state index contributed by atoms with van der Waals surface area (Å²) in [4.78, 5) is 50.5. The molecule has 2 aromatic rings. The van der Waals surface area contributed by atoms with Gasteiger partial charge in [0, 0.05) is 29.1 Å². The molecule has 0 aliphatic carbocycles. The molecule has 4 amide bonds. The molecule has 37 heavy (non-hydrogen) atoms. The molecular formula is C22H13B5ClF2N3O4. The van der Waals surface area contributed by atoms with Crippen LogP contribution in [0.1, 0.15) is 39.9 Å². The first kappa shape index (κ1) is 27.0. The average Bonchev–Trinajstić information content (AvgIpc) is 3.03. The molecule has 4 rings (SSSR count). The van der Waals surface area contributed by atoms with Gasteiger partial charge in [-0.05, 0) is 35.0 Å². The molecule has 1 saturated heterocycles. The van der Waals surface area contributed by atoms with Gasteiger partial charge in [-0.2, -0.15) is 8.78 Å². The minimum absolute atomic E-state index is 0.0570. The number of halogens is 3. The number of hydrogen-bond acceptors (Lipinski definition) is 4. The third-order valence-corrected chi connectivity index (χ3v) is 6.65. The number of carbonyl (C=O) groups is 4. The Morgan fingerprint density at radius 1 is 1.11 bits per heavy atom. The second kappa shape index (κ2) is 9.38. The number of piperidine rings is 1. The molecule has 10 radical (unpaired) electrons. The Kier molecular flexibility index (Phi) is 6.86. The molecule has 0 spiro atoms. The highest BCUT2D eigenvalue weighted by Crippen LogP contribution is 2.36. The Bertz CT molecular complexity index is 1360. The van der Waals surface area contributed by atoms with Crippen LogP contribution < -0.4 is 27.0 Å². The molecule has 0 bridgehead atoms. The van der Waals surface area contributed by atoms with E-state index in [2.05, 4.69) is 10.6 Å². The quantitative estimate of drug-likeness (QED) is 0.354. The Morgan fingerprint density at radius 2 is 1.73 bits per heavy atom. The number of nitrogens with zero attached hydrogens (tertiary/aromatic N) is 1. The Balaban J connectivity index is 1.67. The maximum atomic E-state index is 14.7. The molecule has 15 heteroatoms. The predicted molar refractivity (Wildman–Crippen MR) is 135 cm³/mol. The SMILES string of the molecule is [B]c1c([B])c2c(c([B])c1CNC(=O)C(F)(F)c1ccc(Cl)cc1)C([B])([B])N(C1CCC(=O)NC1=O)C2=O. The highest BCUT2D eigenvalue weighted by Gasteiger charge is 2.50. The molecular weight excluding hydrogens is 498 g/mol. The summed E-state index contributed by atoms with van der Waals surface area (Å²) in [5.41, 5.74) is -2.00. The molecule has 176 valence electrons. The van der Waals surface area contributed by atoms with Crippen molar-refractivity contribution in [3.63, 3.8) is 0 Å². The number of rotatable bonds is 5. The first-order valence-electron chi connectivity index (χ1n) is 10.9. The fourth-order valence-electron chi connectivity index (χ4n) is 4.50. The molecule has 1 fully saturated rings. The van der Waals surface area contributed by atoms with Gasteiger partial charge in [0.05, 0.1) is 15.7 Å². The molecule has 0 aromatic heterocycles. The number of benzene rings is 2. The Hall–Kier alpha value is -3.01. The number of nitrogens with one attached hydrogen (secondary N) is 2. The normalized spacial score (nSPS) is 18.9. The highest BCUT2D eigenvalue weighted by molar-refractivity contribution is 6.56. The molecule has 2 aliphatic rings. The van der Waals surface area contributed by atoms with Crippen LogP contribution in [0.3, 0.4) is 0 Å². The summed E-state index contributed by atoms with van der Waals surface area (Å²) >= 11 is 5.72. The van der Waals surface area contributed by atoms with Gasteiger partial charge in [0.25, 0.3) is 11.8 Å². The summed E-state index contributed by atoms with van der Waals surface area (Å²) in [6.45, 7) is -0.611. The maximum Gasteiger partial charge on any atom is 0.349 e. The third kappa shape index (κ3) is 4.39. The van der Waals surface area contributed by atoms with Gasteiger partial charge in [-0.25, -0.2) is 0 Å². The average molecular weight is 511 g/mol. The van der Waals surface area contributed by atoms with Crippen molar-refractivity contribution < 1.29 is 28.0 Å². The predicted octanol–water partition coefficient (Wildman–Crippen LogP) is -2.16.